The number of benzene rings is 1. The van der Waals surface area contributed by atoms with E-state index < -0.39 is 0 Å². The van der Waals surface area contributed by atoms with Crippen molar-refractivity contribution >= 4 is 17.4 Å². The zero-order valence-corrected chi connectivity index (χ0v) is 13.8. The zero-order valence-electron chi connectivity index (χ0n) is 13.0. The second-order valence-corrected chi connectivity index (χ2v) is 5.99. The highest BCUT2D eigenvalue weighted by Crippen LogP contribution is 2.20. The van der Waals surface area contributed by atoms with Gasteiger partial charge >= 0.3 is 0 Å². The Hall–Kier alpha value is -1.85. The van der Waals surface area contributed by atoms with E-state index in [1.54, 1.807) is 25.4 Å². The molecule has 0 amide bonds. The summed E-state index contributed by atoms with van der Waals surface area (Å²) in [5.74, 6) is 1.26. The van der Waals surface area contributed by atoms with Crippen LogP contribution in [0.1, 0.15) is 5.56 Å². The minimum atomic E-state index is -0.217. The topological polar surface area (TPSA) is 28.6 Å². The van der Waals surface area contributed by atoms with E-state index in [1.807, 2.05) is 12.1 Å². The molecule has 0 aliphatic carbocycles. The van der Waals surface area contributed by atoms with Crippen molar-refractivity contribution in [3.05, 3.63) is 52.9 Å². The maximum absolute atomic E-state index is 14.0. The number of ether oxygens (including phenoxy) is 1. The molecule has 0 N–H and O–H groups in total. The van der Waals surface area contributed by atoms with Crippen LogP contribution in [0.3, 0.4) is 0 Å². The number of nitrogens with zero attached hydrogens (tertiary/aromatic N) is 3. The Labute approximate surface area is 140 Å². The van der Waals surface area contributed by atoms with E-state index in [2.05, 4.69) is 14.8 Å². The fraction of sp³-hybridized carbons (Fsp3) is 0.353. The summed E-state index contributed by atoms with van der Waals surface area (Å²) in [5.41, 5.74) is 0.698. The number of halogens is 2. The van der Waals surface area contributed by atoms with Crippen molar-refractivity contribution in [1.82, 2.24) is 9.88 Å². The zero-order chi connectivity index (χ0) is 16.2. The van der Waals surface area contributed by atoms with Crippen molar-refractivity contribution in [2.45, 2.75) is 6.54 Å². The van der Waals surface area contributed by atoms with Crippen LogP contribution in [0.15, 0.2) is 36.5 Å². The van der Waals surface area contributed by atoms with Gasteiger partial charge in [-0.15, -0.1) is 0 Å². The summed E-state index contributed by atoms with van der Waals surface area (Å²) in [7, 11) is 1.54. The summed E-state index contributed by atoms with van der Waals surface area (Å²) in [5, 5.41) is 0.641. The molecule has 0 spiro atoms. The van der Waals surface area contributed by atoms with Gasteiger partial charge in [0.05, 0.1) is 12.1 Å². The summed E-state index contributed by atoms with van der Waals surface area (Å²) >= 11 is 5.87. The molecule has 1 aliphatic rings. The van der Waals surface area contributed by atoms with Gasteiger partial charge in [-0.2, -0.15) is 0 Å². The van der Waals surface area contributed by atoms with E-state index in [0.29, 0.717) is 22.9 Å². The third kappa shape index (κ3) is 3.92. The Kier molecular flexibility index (Phi) is 4.98. The molecule has 4 nitrogen and oxygen atoms in total. The summed E-state index contributed by atoms with van der Waals surface area (Å²) in [6.45, 7) is 4.09. The van der Waals surface area contributed by atoms with Gasteiger partial charge in [0.15, 0.2) is 0 Å². The number of pyridine rings is 1. The highest BCUT2D eigenvalue weighted by Gasteiger charge is 2.19. The average molecular weight is 336 g/mol. The first-order chi connectivity index (χ1) is 11.2. The van der Waals surface area contributed by atoms with Crippen LogP contribution in [-0.2, 0) is 6.54 Å². The number of hydrogen-bond donors (Lipinski definition) is 0. The highest BCUT2D eigenvalue weighted by atomic mass is 35.5. The molecule has 1 saturated heterocycles. The predicted octanol–water partition coefficient (Wildman–Crippen LogP) is 3.20. The van der Waals surface area contributed by atoms with Crippen molar-refractivity contribution in [3.8, 4) is 5.75 Å². The lowest BCUT2D eigenvalue weighted by Crippen LogP contribution is -2.46. The van der Waals surface area contributed by atoms with Crippen LogP contribution in [-0.4, -0.2) is 43.2 Å². The van der Waals surface area contributed by atoms with Crippen LogP contribution in [0.4, 0.5) is 10.2 Å². The molecular formula is C17H19ClFN3O. The molecule has 2 heterocycles. The van der Waals surface area contributed by atoms with E-state index in [-0.39, 0.29) is 5.82 Å². The fourth-order valence-electron chi connectivity index (χ4n) is 2.71. The summed E-state index contributed by atoms with van der Waals surface area (Å²) in [6, 6.07) is 8.81. The average Bonchev–Trinajstić information content (AvgIpc) is 2.58. The first kappa shape index (κ1) is 16.0. The SMILES string of the molecule is COc1ccc(CN2CCN(c3ccc(Cl)cn3)CC2)c(F)c1. The van der Waals surface area contributed by atoms with Gasteiger partial charge in [-0.25, -0.2) is 9.37 Å². The van der Waals surface area contributed by atoms with Gasteiger partial charge in [0.25, 0.3) is 0 Å². The smallest absolute Gasteiger partial charge is 0.131 e. The molecule has 3 rings (SSSR count). The second kappa shape index (κ2) is 7.15. The largest absolute Gasteiger partial charge is 0.497 e. The summed E-state index contributed by atoms with van der Waals surface area (Å²) < 4.78 is 19.1. The van der Waals surface area contributed by atoms with E-state index in [0.717, 1.165) is 32.0 Å². The van der Waals surface area contributed by atoms with Crippen LogP contribution in [0.5, 0.6) is 5.75 Å². The third-order valence-electron chi connectivity index (χ3n) is 4.06. The molecule has 2 aromatic rings. The van der Waals surface area contributed by atoms with E-state index in [1.165, 1.54) is 6.07 Å². The van der Waals surface area contributed by atoms with Gasteiger partial charge < -0.3 is 9.64 Å². The monoisotopic (exact) mass is 335 g/mol. The molecule has 0 radical (unpaired) electrons. The van der Waals surface area contributed by atoms with Crippen molar-refractivity contribution < 1.29 is 9.13 Å². The van der Waals surface area contributed by atoms with Gasteiger partial charge in [0, 0.05) is 50.6 Å². The molecule has 0 saturated carbocycles. The Morgan fingerprint density at radius 2 is 1.96 bits per heavy atom. The number of aromatic nitrogens is 1. The van der Waals surface area contributed by atoms with Gasteiger partial charge in [0.2, 0.25) is 0 Å². The van der Waals surface area contributed by atoms with Crippen molar-refractivity contribution in [2.24, 2.45) is 0 Å². The quantitative estimate of drug-likeness (QED) is 0.858. The van der Waals surface area contributed by atoms with Crippen LogP contribution in [0.25, 0.3) is 0 Å². The Bertz CT molecular complexity index is 657. The molecule has 0 atom stereocenters. The van der Waals surface area contributed by atoms with Crippen molar-refractivity contribution in [3.63, 3.8) is 0 Å². The molecule has 6 heteroatoms. The number of methoxy groups -OCH3 is 1. The first-order valence-corrected chi connectivity index (χ1v) is 7.95. The minimum Gasteiger partial charge on any atom is -0.497 e. The molecule has 0 bridgehead atoms. The summed E-state index contributed by atoms with van der Waals surface area (Å²) in [4.78, 5) is 8.81. The maximum Gasteiger partial charge on any atom is 0.131 e. The van der Waals surface area contributed by atoms with Gasteiger partial charge in [-0.05, 0) is 18.2 Å². The molecule has 1 fully saturated rings. The highest BCUT2D eigenvalue weighted by molar-refractivity contribution is 6.30. The third-order valence-corrected chi connectivity index (χ3v) is 4.29. The van der Waals surface area contributed by atoms with Crippen LogP contribution in [0, 0.1) is 5.82 Å². The molecule has 1 aliphatic heterocycles. The van der Waals surface area contributed by atoms with Gasteiger partial charge in [0.1, 0.15) is 17.4 Å². The molecule has 122 valence electrons. The minimum absolute atomic E-state index is 0.217. The van der Waals surface area contributed by atoms with E-state index in [4.69, 9.17) is 16.3 Å². The lowest BCUT2D eigenvalue weighted by atomic mass is 10.1. The molecule has 0 unspecified atom stereocenters. The Morgan fingerprint density at radius 1 is 1.17 bits per heavy atom. The van der Waals surface area contributed by atoms with Gasteiger partial charge in [-0.1, -0.05) is 17.7 Å². The molecule has 23 heavy (non-hydrogen) atoms. The van der Waals surface area contributed by atoms with E-state index >= 15 is 0 Å². The van der Waals surface area contributed by atoms with Gasteiger partial charge in [-0.3, -0.25) is 4.90 Å². The normalized spacial score (nSPS) is 15.7. The lowest BCUT2D eigenvalue weighted by molar-refractivity contribution is 0.246. The van der Waals surface area contributed by atoms with Crippen molar-refractivity contribution in [1.29, 1.82) is 0 Å². The molecular weight excluding hydrogens is 317 g/mol. The number of rotatable bonds is 4. The second-order valence-electron chi connectivity index (χ2n) is 5.56. The Balaban J connectivity index is 1.58. The number of piperazine rings is 1. The first-order valence-electron chi connectivity index (χ1n) is 7.57. The van der Waals surface area contributed by atoms with E-state index in [9.17, 15) is 4.39 Å². The lowest BCUT2D eigenvalue weighted by Gasteiger charge is -2.35. The number of hydrogen-bond acceptors (Lipinski definition) is 4. The summed E-state index contributed by atoms with van der Waals surface area (Å²) in [6.07, 6.45) is 1.66. The molecule has 1 aromatic heterocycles. The van der Waals surface area contributed by atoms with Crippen molar-refractivity contribution in [2.75, 3.05) is 38.2 Å². The maximum atomic E-state index is 14.0. The van der Waals surface area contributed by atoms with Crippen LogP contribution < -0.4 is 9.64 Å². The fourth-order valence-corrected chi connectivity index (χ4v) is 2.83. The Morgan fingerprint density at radius 3 is 2.57 bits per heavy atom. The number of anilines is 1. The van der Waals surface area contributed by atoms with Crippen LogP contribution in [0.2, 0.25) is 5.02 Å². The molecule has 1 aromatic carbocycles. The standard InChI is InChI=1S/C17H19ClFN3O/c1-23-15-4-2-13(16(19)10-15)12-21-6-8-22(9-7-21)17-5-3-14(18)11-20-17/h2-5,10-11H,6-9,12H2,1H3. The predicted molar refractivity (Wildman–Crippen MR) is 89.7 cm³/mol. The van der Waals surface area contributed by atoms with Crippen LogP contribution >= 0.6 is 11.6 Å².